The van der Waals surface area contributed by atoms with Gasteiger partial charge in [0.15, 0.2) is 0 Å². The summed E-state index contributed by atoms with van der Waals surface area (Å²) in [5.41, 5.74) is 1.58. The summed E-state index contributed by atoms with van der Waals surface area (Å²) in [7, 11) is 0. The highest BCUT2D eigenvalue weighted by Crippen LogP contribution is 2.37. The van der Waals surface area contributed by atoms with Gasteiger partial charge in [0.25, 0.3) is 0 Å². The number of hydrogen-bond acceptors (Lipinski definition) is 2. The fourth-order valence-electron chi connectivity index (χ4n) is 3.26. The Morgan fingerprint density at radius 3 is 2.56 bits per heavy atom. The van der Waals surface area contributed by atoms with E-state index in [1.807, 2.05) is 11.3 Å². The Kier molecular flexibility index (Phi) is 5.25. The van der Waals surface area contributed by atoms with Crippen molar-refractivity contribution in [3.8, 4) is 0 Å². The van der Waals surface area contributed by atoms with Crippen LogP contribution in [0.4, 0.5) is 0 Å². The van der Waals surface area contributed by atoms with Gasteiger partial charge in [-0.3, -0.25) is 0 Å². The van der Waals surface area contributed by atoms with Crippen LogP contribution >= 0.6 is 11.3 Å². The van der Waals surface area contributed by atoms with Crippen molar-refractivity contribution in [2.24, 2.45) is 5.92 Å². The van der Waals surface area contributed by atoms with Crippen LogP contribution < -0.4 is 5.32 Å². The van der Waals surface area contributed by atoms with Crippen molar-refractivity contribution in [3.63, 3.8) is 0 Å². The Hall–Kier alpha value is -0.340. The number of aryl methyl sites for hydroxylation is 2. The topological polar surface area (TPSA) is 12.0 Å². The van der Waals surface area contributed by atoms with Crippen molar-refractivity contribution in [1.29, 1.82) is 0 Å². The quantitative estimate of drug-likeness (QED) is 0.791. The fourth-order valence-corrected chi connectivity index (χ4v) is 4.23. The van der Waals surface area contributed by atoms with Crippen LogP contribution in [0.25, 0.3) is 0 Å². The molecule has 2 heteroatoms. The minimum atomic E-state index is 0.607. The molecule has 1 fully saturated rings. The first-order chi connectivity index (χ1) is 8.72. The van der Waals surface area contributed by atoms with Crippen LogP contribution in [0.1, 0.15) is 66.8 Å². The molecule has 0 bridgehead atoms. The van der Waals surface area contributed by atoms with E-state index in [4.69, 9.17) is 0 Å². The first-order valence-electron chi connectivity index (χ1n) is 7.52. The number of nitrogens with one attached hydrogen (secondary N) is 1. The van der Waals surface area contributed by atoms with E-state index in [0.717, 1.165) is 12.5 Å². The second-order valence-electron chi connectivity index (χ2n) is 5.70. The van der Waals surface area contributed by atoms with Crippen molar-refractivity contribution in [3.05, 3.63) is 21.4 Å². The van der Waals surface area contributed by atoms with Crippen LogP contribution in [0.15, 0.2) is 6.07 Å². The van der Waals surface area contributed by atoms with E-state index in [2.05, 4.69) is 32.2 Å². The van der Waals surface area contributed by atoms with Gasteiger partial charge in [-0.25, -0.2) is 0 Å². The zero-order chi connectivity index (χ0) is 13.0. The van der Waals surface area contributed by atoms with Gasteiger partial charge in [-0.05, 0) is 57.2 Å². The van der Waals surface area contributed by atoms with E-state index in [0.29, 0.717) is 6.04 Å². The van der Waals surface area contributed by atoms with Crippen LogP contribution in [0, 0.1) is 19.8 Å². The summed E-state index contributed by atoms with van der Waals surface area (Å²) in [6, 6.07) is 3.03. The van der Waals surface area contributed by atoms with Crippen LogP contribution in [-0.4, -0.2) is 6.54 Å². The molecule has 1 saturated carbocycles. The summed E-state index contributed by atoms with van der Waals surface area (Å²) >= 11 is 1.96. The molecule has 1 heterocycles. The third-order valence-electron chi connectivity index (χ3n) is 4.15. The van der Waals surface area contributed by atoms with E-state index >= 15 is 0 Å². The summed E-state index contributed by atoms with van der Waals surface area (Å²) in [4.78, 5) is 2.98. The third kappa shape index (κ3) is 3.36. The van der Waals surface area contributed by atoms with Gasteiger partial charge in [0.2, 0.25) is 0 Å². The SMILES string of the molecule is CCCNC(c1cc(C)sc1C)C1CCCCC1. The van der Waals surface area contributed by atoms with Crippen molar-refractivity contribution >= 4 is 11.3 Å². The zero-order valence-electron chi connectivity index (χ0n) is 12.1. The lowest BCUT2D eigenvalue weighted by atomic mass is 9.81. The van der Waals surface area contributed by atoms with E-state index in [9.17, 15) is 0 Å². The summed E-state index contributed by atoms with van der Waals surface area (Å²) < 4.78 is 0. The van der Waals surface area contributed by atoms with E-state index in [1.54, 1.807) is 5.56 Å². The summed E-state index contributed by atoms with van der Waals surface area (Å²) in [5, 5.41) is 3.82. The van der Waals surface area contributed by atoms with Gasteiger partial charge in [-0.15, -0.1) is 11.3 Å². The predicted molar refractivity (Wildman–Crippen MR) is 81.4 cm³/mol. The smallest absolute Gasteiger partial charge is 0.0359 e. The Bertz CT molecular complexity index is 363. The number of hydrogen-bond donors (Lipinski definition) is 1. The van der Waals surface area contributed by atoms with Crippen LogP contribution in [0.3, 0.4) is 0 Å². The molecule has 1 nitrogen and oxygen atoms in total. The first-order valence-corrected chi connectivity index (χ1v) is 8.34. The maximum atomic E-state index is 3.82. The van der Waals surface area contributed by atoms with Gasteiger partial charge in [-0.1, -0.05) is 26.2 Å². The lowest BCUT2D eigenvalue weighted by Gasteiger charge is -2.31. The van der Waals surface area contributed by atoms with Crippen molar-refractivity contribution in [2.45, 2.75) is 65.3 Å². The molecule has 0 aromatic carbocycles. The predicted octanol–water partition coefficient (Wildman–Crippen LogP) is 4.99. The lowest BCUT2D eigenvalue weighted by molar-refractivity contribution is 0.272. The average molecular weight is 265 g/mol. The van der Waals surface area contributed by atoms with Crippen molar-refractivity contribution in [1.82, 2.24) is 5.32 Å². The third-order valence-corrected chi connectivity index (χ3v) is 5.13. The second-order valence-corrected chi connectivity index (χ2v) is 7.16. The molecule has 1 atom stereocenters. The summed E-state index contributed by atoms with van der Waals surface area (Å²) in [5.74, 6) is 0.859. The summed E-state index contributed by atoms with van der Waals surface area (Å²) in [6.07, 6.45) is 8.35. The van der Waals surface area contributed by atoms with Crippen LogP contribution in [-0.2, 0) is 0 Å². The number of thiophene rings is 1. The van der Waals surface area contributed by atoms with Crippen molar-refractivity contribution < 1.29 is 0 Å². The lowest BCUT2D eigenvalue weighted by Crippen LogP contribution is -2.30. The van der Waals surface area contributed by atoms with Gasteiger partial charge in [0, 0.05) is 15.8 Å². The van der Waals surface area contributed by atoms with Gasteiger partial charge in [0.1, 0.15) is 0 Å². The van der Waals surface area contributed by atoms with E-state index < -0.39 is 0 Å². The van der Waals surface area contributed by atoms with Gasteiger partial charge >= 0.3 is 0 Å². The molecule has 1 aliphatic rings. The first kappa shape index (κ1) is 14.1. The molecule has 0 amide bonds. The Labute approximate surface area is 116 Å². The Morgan fingerprint density at radius 1 is 1.28 bits per heavy atom. The van der Waals surface area contributed by atoms with Crippen molar-refractivity contribution in [2.75, 3.05) is 6.54 Å². The van der Waals surface area contributed by atoms with Gasteiger partial charge in [0.05, 0.1) is 0 Å². The molecule has 0 saturated heterocycles. The largest absolute Gasteiger partial charge is 0.310 e. The highest BCUT2D eigenvalue weighted by Gasteiger charge is 2.26. The fraction of sp³-hybridized carbons (Fsp3) is 0.750. The molecular formula is C16H27NS. The average Bonchev–Trinajstić information content (AvgIpc) is 2.70. The molecule has 102 valence electrons. The highest BCUT2D eigenvalue weighted by atomic mass is 32.1. The van der Waals surface area contributed by atoms with E-state index in [-0.39, 0.29) is 0 Å². The molecular weight excluding hydrogens is 238 g/mol. The normalized spacial score (nSPS) is 19.1. The molecule has 0 radical (unpaired) electrons. The van der Waals surface area contributed by atoms with E-state index in [1.165, 1.54) is 48.3 Å². The standard InChI is InChI=1S/C16H27NS/c1-4-10-17-16(14-8-6-5-7-9-14)15-11-12(2)18-13(15)3/h11,14,16-17H,4-10H2,1-3H3. The maximum Gasteiger partial charge on any atom is 0.0359 e. The molecule has 0 spiro atoms. The summed E-state index contributed by atoms with van der Waals surface area (Å²) in [6.45, 7) is 7.93. The van der Waals surface area contributed by atoms with Gasteiger partial charge < -0.3 is 5.32 Å². The minimum absolute atomic E-state index is 0.607. The zero-order valence-corrected chi connectivity index (χ0v) is 12.9. The molecule has 1 N–H and O–H groups in total. The molecule has 1 aromatic rings. The second kappa shape index (κ2) is 6.72. The minimum Gasteiger partial charge on any atom is -0.310 e. The molecule has 2 rings (SSSR count). The molecule has 18 heavy (non-hydrogen) atoms. The Morgan fingerprint density at radius 2 is 2.00 bits per heavy atom. The molecule has 0 aliphatic heterocycles. The van der Waals surface area contributed by atoms with Crippen LogP contribution in [0.2, 0.25) is 0 Å². The number of rotatable bonds is 5. The van der Waals surface area contributed by atoms with Gasteiger partial charge in [-0.2, -0.15) is 0 Å². The molecule has 1 aliphatic carbocycles. The Balaban J connectivity index is 2.15. The van der Waals surface area contributed by atoms with Crippen LogP contribution in [0.5, 0.6) is 0 Å². The molecule has 1 aromatic heterocycles. The molecule has 1 unspecified atom stereocenters. The monoisotopic (exact) mass is 265 g/mol. The maximum absolute atomic E-state index is 3.82. The highest BCUT2D eigenvalue weighted by molar-refractivity contribution is 7.12.